The second-order valence-electron chi connectivity index (χ2n) is 10.0. The molecule has 1 unspecified atom stereocenters. The Bertz CT molecular complexity index is 1540. The molecule has 0 bridgehead atoms. The number of ketones is 1. The van der Waals surface area contributed by atoms with Crippen molar-refractivity contribution in [3.63, 3.8) is 0 Å². The number of anilines is 1. The molecule has 1 fully saturated rings. The second kappa shape index (κ2) is 11.6. The predicted octanol–water partition coefficient (Wildman–Crippen LogP) is 5.06. The number of amides is 1. The van der Waals surface area contributed by atoms with Crippen LogP contribution in [-0.2, 0) is 14.3 Å². The number of thiazole rings is 1. The van der Waals surface area contributed by atoms with Gasteiger partial charge in [0.25, 0.3) is 5.78 Å². The van der Waals surface area contributed by atoms with Gasteiger partial charge < -0.3 is 24.1 Å². The third-order valence-electron chi connectivity index (χ3n) is 6.76. The Labute approximate surface area is 241 Å². The van der Waals surface area contributed by atoms with Gasteiger partial charge in [0.15, 0.2) is 16.6 Å². The maximum Gasteiger partial charge on any atom is 0.350 e. The summed E-state index contributed by atoms with van der Waals surface area (Å²) in [6.07, 6.45) is 0.849. The van der Waals surface area contributed by atoms with E-state index < -0.39 is 23.7 Å². The van der Waals surface area contributed by atoms with Crippen molar-refractivity contribution in [1.29, 1.82) is 0 Å². The largest absolute Gasteiger partial charge is 0.507 e. The lowest BCUT2D eigenvalue weighted by atomic mass is 9.95. The number of carbonyl (C=O) groups is 3. The molecule has 0 saturated carbocycles. The van der Waals surface area contributed by atoms with Crippen molar-refractivity contribution in [2.45, 2.75) is 33.2 Å². The maximum atomic E-state index is 13.6. The first kappa shape index (κ1) is 28.2. The highest BCUT2D eigenvalue weighted by atomic mass is 32.1. The fraction of sp³-hybridized carbons (Fsp3) is 0.333. The van der Waals surface area contributed by atoms with Gasteiger partial charge in [-0.1, -0.05) is 37.3 Å². The highest BCUT2D eigenvalue weighted by Crippen LogP contribution is 2.45. The van der Waals surface area contributed by atoms with Crippen molar-refractivity contribution in [1.82, 2.24) is 4.98 Å². The Morgan fingerprint density at radius 1 is 1.15 bits per heavy atom. The molecular formula is C30H30N2O8S. The van der Waals surface area contributed by atoms with Crippen molar-refractivity contribution in [2.24, 2.45) is 5.92 Å². The molecule has 3 heterocycles. The normalized spacial score (nSPS) is 17.7. The van der Waals surface area contributed by atoms with Crippen LogP contribution in [0.4, 0.5) is 5.13 Å². The molecule has 214 valence electrons. The Morgan fingerprint density at radius 3 is 2.63 bits per heavy atom. The van der Waals surface area contributed by atoms with Gasteiger partial charge in [-0.3, -0.25) is 14.5 Å². The zero-order valence-corrected chi connectivity index (χ0v) is 23.9. The van der Waals surface area contributed by atoms with E-state index in [-0.39, 0.29) is 26.9 Å². The first-order valence-corrected chi connectivity index (χ1v) is 14.0. The minimum absolute atomic E-state index is 0.126. The van der Waals surface area contributed by atoms with Crippen LogP contribution < -0.4 is 19.1 Å². The molecule has 1 saturated heterocycles. The lowest BCUT2D eigenvalue weighted by Crippen LogP contribution is -2.29. The number of benzene rings is 2. The molecule has 41 heavy (non-hydrogen) atoms. The molecule has 1 atom stereocenters. The van der Waals surface area contributed by atoms with Gasteiger partial charge in [0.1, 0.15) is 29.6 Å². The number of hydrogen-bond donors (Lipinski definition) is 1. The van der Waals surface area contributed by atoms with Crippen LogP contribution in [0, 0.1) is 12.8 Å². The first-order chi connectivity index (χ1) is 19.7. The van der Waals surface area contributed by atoms with Gasteiger partial charge in [-0.15, -0.1) is 0 Å². The van der Waals surface area contributed by atoms with E-state index >= 15 is 0 Å². The Kier molecular flexibility index (Phi) is 7.98. The van der Waals surface area contributed by atoms with E-state index in [1.54, 1.807) is 49.4 Å². The summed E-state index contributed by atoms with van der Waals surface area (Å²) in [6, 6.07) is 10.8. The Hall–Kier alpha value is -4.38. The number of rotatable bonds is 8. The van der Waals surface area contributed by atoms with E-state index in [1.165, 1.54) is 12.0 Å². The minimum atomic E-state index is -1.05. The van der Waals surface area contributed by atoms with E-state index in [1.807, 2.05) is 0 Å². The van der Waals surface area contributed by atoms with Crippen LogP contribution in [0.15, 0.2) is 48.0 Å². The number of aryl methyl sites for hydroxylation is 1. The van der Waals surface area contributed by atoms with Crippen LogP contribution in [-0.4, -0.2) is 54.7 Å². The minimum Gasteiger partial charge on any atom is -0.507 e. The highest BCUT2D eigenvalue weighted by Gasteiger charge is 2.48. The van der Waals surface area contributed by atoms with Crippen LogP contribution in [0.2, 0.25) is 0 Å². The van der Waals surface area contributed by atoms with Gasteiger partial charge >= 0.3 is 11.9 Å². The smallest absolute Gasteiger partial charge is 0.350 e. The molecular weight excluding hydrogens is 548 g/mol. The quantitative estimate of drug-likeness (QED) is 0.169. The molecule has 10 nitrogen and oxygen atoms in total. The lowest BCUT2D eigenvalue weighted by Gasteiger charge is -2.24. The molecule has 2 aromatic carbocycles. The molecule has 5 rings (SSSR count). The molecule has 0 radical (unpaired) electrons. The van der Waals surface area contributed by atoms with Gasteiger partial charge in [0.2, 0.25) is 0 Å². The monoisotopic (exact) mass is 578 g/mol. The average Bonchev–Trinajstić information content (AvgIpc) is 3.48. The topological polar surface area (TPSA) is 124 Å². The zero-order valence-electron chi connectivity index (χ0n) is 23.1. The SMILES string of the molecule is COC(=O)c1sc(N2C(=O)C(=O)/C(=C(\O)c3ccc4c(c3)OCCO4)C2c2cccc(OCCC(C)C)c2)nc1C. The van der Waals surface area contributed by atoms with Gasteiger partial charge in [-0.2, -0.15) is 0 Å². The standard InChI is InChI=1S/C30H30N2O8S/c1-16(2)10-11-38-20-7-5-6-18(14-20)24-23(25(33)19-8-9-21-22(15-19)40-13-12-39-21)26(34)28(35)32(24)30-31-17(3)27(41-30)29(36)37-4/h5-9,14-16,24,33H,10-13H2,1-4H3/b25-23-. The summed E-state index contributed by atoms with van der Waals surface area (Å²) in [4.78, 5) is 45.3. The fourth-order valence-corrected chi connectivity index (χ4v) is 5.66. The third-order valence-corrected chi connectivity index (χ3v) is 7.90. The van der Waals surface area contributed by atoms with Crippen LogP contribution in [0.25, 0.3) is 5.76 Å². The van der Waals surface area contributed by atoms with E-state index in [2.05, 4.69) is 18.8 Å². The van der Waals surface area contributed by atoms with Crippen LogP contribution in [0.1, 0.15) is 52.8 Å². The highest BCUT2D eigenvalue weighted by molar-refractivity contribution is 7.17. The van der Waals surface area contributed by atoms with Gasteiger partial charge in [0, 0.05) is 5.56 Å². The third kappa shape index (κ3) is 5.49. The van der Waals surface area contributed by atoms with E-state index in [9.17, 15) is 19.5 Å². The number of esters is 1. The van der Waals surface area contributed by atoms with Gasteiger partial charge in [-0.05, 0) is 55.2 Å². The van der Waals surface area contributed by atoms with E-state index in [4.69, 9.17) is 18.9 Å². The van der Waals surface area contributed by atoms with Crippen molar-refractivity contribution in [3.05, 3.63) is 69.7 Å². The van der Waals surface area contributed by atoms with Crippen molar-refractivity contribution >= 4 is 39.9 Å². The van der Waals surface area contributed by atoms with E-state index in [0.29, 0.717) is 54.2 Å². The fourth-order valence-electron chi connectivity index (χ4n) is 4.65. The molecule has 0 aliphatic carbocycles. The van der Waals surface area contributed by atoms with Crippen molar-refractivity contribution in [3.8, 4) is 17.2 Å². The summed E-state index contributed by atoms with van der Waals surface area (Å²) in [5.74, 6) is -0.801. The molecule has 11 heteroatoms. The number of carbonyl (C=O) groups excluding carboxylic acids is 3. The van der Waals surface area contributed by atoms with Crippen molar-refractivity contribution in [2.75, 3.05) is 31.8 Å². The zero-order chi connectivity index (χ0) is 29.3. The summed E-state index contributed by atoms with van der Waals surface area (Å²) in [7, 11) is 1.26. The number of hydrogen-bond acceptors (Lipinski definition) is 10. The van der Waals surface area contributed by atoms with E-state index in [0.717, 1.165) is 17.8 Å². The van der Waals surface area contributed by atoms with Crippen LogP contribution >= 0.6 is 11.3 Å². The first-order valence-electron chi connectivity index (χ1n) is 13.2. The number of nitrogens with zero attached hydrogens (tertiary/aromatic N) is 2. The number of aromatic nitrogens is 1. The molecule has 3 aromatic rings. The lowest BCUT2D eigenvalue weighted by molar-refractivity contribution is -0.132. The summed E-state index contributed by atoms with van der Waals surface area (Å²) < 4.78 is 22.0. The maximum absolute atomic E-state index is 13.6. The second-order valence-corrected chi connectivity index (χ2v) is 11.0. The summed E-state index contributed by atoms with van der Waals surface area (Å²) >= 11 is 0.938. The average molecular weight is 579 g/mol. The molecule has 1 N–H and O–H groups in total. The number of Topliss-reactive ketones (excluding diaryl/α,β-unsaturated/α-hetero) is 1. The molecule has 1 aromatic heterocycles. The Balaban J connectivity index is 1.64. The summed E-state index contributed by atoms with van der Waals surface area (Å²) in [5.41, 5.74) is 1.04. The van der Waals surface area contributed by atoms with Crippen molar-refractivity contribution < 1.29 is 38.4 Å². The van der Waals surface area contributed by atoms with Gasteiger partial charge in [0.05, 0.1) is 31.0 Å². The summed E-state index contributed by atoms with van der Waals surface area (Å²) in [6.45, 7) is 7.06. The summed E-state index contributed by atoms with van der Waals surface area (Å²) in [5, 5.41) is 11.7. The Morgan fingerprint density at radius 2 is 1.90 bits per heavy atom. The van der Waals surface area contributed by atoms with Crippen LogP contribution in [0.3, 0.4) is 0 Å². The number of aliphatic hydroxyl groups excluding tert-OH is 1. The molecule has 1 amide bonds. The molecule has 0 spiro atoms. The molecule has 2 aliphatic heterocycles. The predicted molar refractivity (Wildman–Crippen MR) is 152 cm³/mol. The molecule has 2 aliphatic rings. The number of fused-ring (bicyclic) bond motifs is 1. The van der Waals surface area contributed by atoms with Crippen LogP contribution in [0.5, 0.6) is 17.2 Å². The van der Waals surface area contributed by atoms with Gasteiger partial charge in [-0.25, -0.2) is 9.78 Å². The number of ether oxygens (including phenoxy) is 4. The number of aliphatic hydroxyl groups is 1. The number of methoxy groups -OCH3 is 1.